The molecule has 3 rings (SSSR count). The highest BCUT2D eigenvalue weighted by molar-refractivity contribution is 6.30. The summed E-state index contributed by atoms with van der Waals surface area (Å²) in [5.74, 6) is 1.63. The molecule has 0 aliphatic carbocycles. The Bertz CT molecular complexity index is 594. The van der Waals surface area contributed by atoms with Gasteiger partial charge in [-0.3, -0.25) is 0 Å². The standard InChI is InChI=1S/C13H18ClN5/c1-3-10-6-4-5-7-18(10)12-9(2)11(14)17-13-15-8-16-19(12)13/h8,10H,3-7H2,1-2H3. The molecule has 0 spiro atoms. The first-order valence-electron chi connectivity index (χ1n) is 6.85. The van der Waals surface area contributed by atoms with E-state index in [0.29, 0.717) is 17.0 Å². The van der Waals surface area contributed by atoms with Crippen LogP contribution in [0.5, 0.6) is 0 Å². The average Bonchev–Trinajstić information content (AvgIpc) is 2.88. The minimum absolute atomic E-state index is 0.524. The Kier molecular flexibility index (Phi) is 3.31. The van der Waals surface area contributed by atoms with Gasteiger partial charge in [0.25, 0.3) is 5.78 Å². The third-order valence-electron chi connectivity index (χ3n) is 3.94. The van der Waals surface area contributed by atoms with Gasteiger partial charge in [0.2, 0.25) is 0 Å². The maximum Gasteiger partial charge on any atom is 0.255 e. The smallest absolute Gasteiger partial charge is 0.255 e. The number of fused-ring (bicyclic) bond motifs is 1. The van der Waals surface area contributed by atoms with Crippen molar-refractivity contribution in [2.45, 2.75) is 45.6 Å². The molecule has 0 bridgehead atoms. The van der Waals surface area contributed by atoms with E-state index in [1.807, 2.05) is 11.4 Å². The second kappa shape index (κ2) is 4.96. The van der Waals surface area contributed by atoms with Gasteiger partial charge in [-0.1, -0.05) is 18.5 Å². The average molecular weight is 280 g/mol. The van der Waals surface area contributed by atoms with Gasteiger partial charge in [0.15, 0.2) is 0 Å². The van der Waals surface area contributed by atoms with Crippen molar-refractivity contribution in [3.8, 4) is 0 Å². The van der Waals surface area contributed by atoms with E-state index < -0.39 is 0 Å². The molecule has 1 fully saturated rings. The molecule has 2 aromatic rings. The topological polar surface area (TPSA) is 46.3 Å². The zero-order valence-corrected chi connectivity index (χ0v) is 12.1. The van der Waals surface area contributed by atoms with E-state index in [-0.39, 0.29) is 0 Å². The Labute approximate surface area is 117 Å². The van der Waals surface area contributed by atoms with Crippen LogP contribution in [-0.4, -0.2) is 32.2 Å². The van der Waals surface area contributed by atoms with Gasteiger partial charge in [-0.2, -0.15) is 19.6 Å². The Morgan fingerprint density at radius 2 is 2.26 bits per heavy atom. The number of piperidine rings is 1. The van der Waals surface area contributed by atoms with E-state index >= 15 is 0 Å². The number of aromatic nitrogens is 4. The van der Waals surface area contributed by atoms with Gasteiger partial charge in [-0.15, -0.1) is 0 Å². The maximum absolute atomic E-state index is 6.24. The quantitative estimate of drug-likeness (QED) is 0.793. The molecule has 0 radical (unpaired) electrons. The normalized spacial score (nSPS) is 20.2. The molecule has 0 N–H and O–H groups in total. The van der Waals surface area contributed by atoms with E-state index in [2.05, 4.69) is 26.9 Å². The van der Waals surface area contributed by atoms with Gasteiger partial charge in [-0.05, 0) is 32.6 Å². The second-order valence-electron chi connectivity index (χ2n) is 5.07. The number of halogens is 1. The zero-order valence-electron chi connectivity index (χ0n) is 11.3. The van der Waals surface area contributed by atoms with E-state index in [9.17, 15) is 0 Å². The van der Waals surface area contributed by atoms with Crippen LogP contribution in [0, 0.1) is 6.92 Å². The number of anilines is 1. The van der Waals surface area contributed by atoms with Crippen LogP contribution >= 0.6 is 11.6 Å². The molecule has 6 heteroatoms. The van der Waals surface area contributed by atoms with Crippen LogP contribution in [0.15, 0.2) is 6.33 Å². The molecule has 19 heavy (non-hydrogen) atoms. The van der Waals surface area contributed by atoms with Crippen LogP contribution in [0.3, 0.4) is 0 Å². The highest BCUT2D eigenvalue weighted by Gasteiger charge is 2.26. The zero-order chi connectivity index (χ0) is 13.4. The van der Waals surface area contributed by atoms with Crippen LogP contribution in [0.2, 0.25) is 5.15 Å². The molecule has 1 aliphatic rings. The molecule has 0 saturated carbocycles. The Hall–Kier alpha value is -1.36. The summed E-state index contributed by atoms with van der Waals surface area (Å²) in [6.45, 7) is 5.29. The van der Waals surface area contributed by atoms with Crippen LogP contribution in [-0.2, 0) is 0 Å². The van der Waals surface area contributed by atoms with Crippen molar-refractivity contribution in [3.05, 3.63) is 17.0 Å². The third kappa shape index (κ3) is 2.06. The SMILES string of the molecule is CCC1CCCCN1c1c(C)c(Cl)nc2ncnn12. The molecule has 1 atom stereocenters. The molecule has 2 aromatic heterocycles. The third-order valence-corrected chi connectivity index (χ3v) is 4.31. The molecule has 1 saturated heterocycles. The van der Waals surface area contributed by atoms with Gasteiger partial charge >= 0.3 is 0 Å². The van der Waals surface area contributed by atoms with Gasteiger partial charge in [0.05, 0.1) is 0 Å². The lowest BCUT2D eigenvalue weighted by atomic mass is 9.99. The minimum atomic E-state index is 0.524. The van der Waals surface area contributed by atoms with E-state index in [1.165, 1.54) is 25.6 Å². The molecule has 102 valence electrons. The van der Waals surface area contributed by atoms with E-state index in [1.54, 1.807) is 0 Å². The van der Waals surface area contributed by atoms with Crippen molar-refractivity contribution < 1.29 is 0 Å². The summed E-state index contributed by atoms with van der Waals surface area (Å²) in [7, 11) is 0. The Morgan fingerprint density at radius 1 is 1.42 bits per heavy atom. The summed E-state index contributed by atoms with van der Waals surface area (Å²) in [4.78, 5) is 10.9. The molecule has 5 nitrogen and oxygen atoms in total. The van der Waals surface area contributed by atoms with Crippen molar-refractivity contribution >= 4 is 23.2 Å². The number of hydrogen-bond acceptors (Lipinski definition) is 4. The monoisotopic (exact) mass is 279 g/mol. The molecule has 1 unspecified atom stereocenters. The summed E-state index contributed by atoms with van der Waals surface area (Å²) < 4.78 is 1.81. The first-order chi connectivity index (χ1) is 9.22. The fourth-order valence-corrected chi connectivity index (χ4v) is 3.08. The molecule has 0 amide bonds. The molecular formula is C13H18ClN5. The number of nitrogens with zero attached hydrogens (tertiary/aromatic N) is 5. The number of hydrogen-bond donors (Lipinski definition) is 0. The fraction of sp³-hybridized carbons (Fsp3) is 0.615. The van der Waals surface area contributed by atoms with Gasteiger partial charge in [-0.25, -0.2) is 0 Å². The van der Waals surface area contributed by atoms with E-state index in [4.69, 9.17) is 11.6 Å². The minimum Gasteiger partial charge on any atom is -0.353 e. The largest absolute Gasteiger partial charge is 0.353 e. The molecule has 1 aliphatic heterocycles. The van der Waals surface area contributed by atoms with Crippen LogP contribution in [0.1, 0.15) is 38.2 Å². The van der Waals surface area contributed by atoms with Gasteiger partial charge in [0, 0.05) is 18.2 Å². The molecule has 0 aromatic carbocycles. The fourth-order valence-electron chi connectivity index (χ4n) is 2.92. The van der Waals surface area contributed by atoms with Crippen molar-refractivity contribution in [1.29, 1.82) is 0 Å². The van der Waals surface area contributed by atoms with Crippen molar-refractivity contribution in [2.24, 2.45) is 0 Å². The summed E-state index contributed by atoms with van der Waals surface area (Å²) in [5.41, 5.74) is 0.986. The lowest BCUT2D eigenvalue weighted by molar-refractivity contribution is 0.443. The summed E-state index contributed by atoms with van der Waals surface area (Å²) >= 11 is 6.24. The first kappa shape index (κ1) is 12.7. The molecule has 3 heterocycles. The lowest BCUT2D eigenvalue weighted by Crippen LogP contribution is -2.40. The second-order valence-corrected chi connectivity index (χ2v) is 5.43. The highest BCUT2D eigenvalue weighted by Crippen LogP contribution is 2.31. The predicted molar refractivity (Wildman–Crippen MR) is 75.8 cm³/mol. The van der Waals surface area contributed by atoms with Crippen molar-refractivity contribution in [3.63, 3.8) is 0 Å². The highest BCUT2D eigenvalue weighted by atomic mass is 35.5. The lowest BCUT2D eigenvalue weighted by Gasteiger charge is -2.37. The van der Waals surface area contributed by atoms with Crippen molar-refractivity contribution in [1.82, 2.24) is 19.6 Å². The maximum atomic E-state index is 6.24. The summed E-state index contributed by atoms with van der Waals surface area (Å²) in [6, 6.07) is 0.554. The number of rotatable bonds is 2. The van der Waals surface area contributed by atoms with Crippen molar-refractivity contribution in [2.75, 3.05) is 11.4 Å². The van der Waals surface area contributed by atoms with Gasteiger partial charge < -0.3 is 4.90 Å². The van der Waals surface area contributed by atoms with Gasteiger partial charge in [0.1, 0.15) is 17.3 Å². The Morgan fingerprint density at radius 3 is 3.05 bits per heavy atom. The summed E-state index contributed by atoms with van der Waals surface area (Å²) in [5, 5.41) is 4.83. The van der Waals surface area contributed by atoms with Crippen LogP contribution < -0.4 is 4.90 Å². The molecular weight excluding hydrogens is 262 g/mol. The Balaban J connectivity index is 2.17. The van der Waals surface area contributed by atoms with Crippen LogP contribution in [0.25, 0.3) is 5.78 Å². The summed E-state index contributed by atoms with van der Waals surface area (Å²) in [6.07, 6.45) is 6.41. The van der Waals surface area contributed by atoms with Crippen LogP contribution in [0.4, 0.5) is 5.82 Å². The van der Waals surface area contributed by atoms with E-state index in [0.717, 1.165) is 24.3 Å². The first-order valence-corrected chi connectivity index (χ1v) is 7.22. The predicted octanol–water partition coefficient (Wildman–Crippen LogP) is 2.86.